The minimum atomic E-state index is -0.385. The van der Waals surface area contributed by atoms with Crippen LogP contribution < -0.4 is 5.32 Å². The van der Waals surface area contributed by atoms with Gasteiger partial charge < -0.3 is 10.1 Å². The number of aromatic nitrogens is 1. The molecular weight excluding hydrogens is 300 g/mol. The van der Waals surface area contributed by atoms with Crippen LogP contribution in [0.15, 0.2) is 5.38 Å². The topological polar surface area (TPSA) is 68.3 Å². The number of nitrogens with zero attached hydrogens (tertiary/aromatic N) is 1. The average Bonchev–Trinajstić information content (AvgIpc) is 2.88. The molecule has 0 saturated heterocycles. The van der Waals surface area contributed by atoms with E-state index in [0.29, 0.717) is 28.3 Å². The molecular formula is C16H22N2O3S. The number of amides is 1. The molecule has 0 unspecified atom stereocenters. The number of hydrogen-bond acceptors (Lipinski definition) is 5. The van der Waals surface area contributed by atoms with Crippen molar-refractivity contribution in [3.05, 3.63) is 11.1 Å². The van der Waals surface area contributed by atoms with Gasteiger partial charge in [0.2, 0.25) is 5.91 Å². The molecule has 22 heavy (non-hydrogen) atoms. The molecule has 120 valence electrons. The Morgan fingerprint density at radius 3 is 2.73 bits per heavy atom. The van der Waals surface area contributed by atoms with Crippen molar-refractivity contribution < 1.29 is 14.3 Å². The minimum Gasteiger partial charge on any atom is -0.457 e. The Morgan fingerprint density at radius 2 is 2.14 bits per heavy atom. The fourth-order valence-corrected chi connectivity index (χ4v) is 4.76. The normalized spacial score (nSPS) is 32.0. The molecule has 1 heterocycles. The van der Waals surface area contributed by atoms with Gasteiger partial charge in [-0.05, 0) is 36.0 Å². The van der Waals surface area contributed by atoms with Gasteiger partial charge in [0, 0.05) is 12.3 Å². The van der Waals surface area contributed by atoms with E-state index in [-0.39, 0.29) is 23.7 Å². The molecule has 6 heteroatoms. The van der Waals surface area contributed by atoms with E-state index in [4.69, 9.17) is 4.74 Å². The SMILES string of the molecule is CC(=O)Nc1nc(C(=O)O[C@H]2C[C@H]3C[C@@H]([C@H]2C)C3(C)C)cs1. The summed E-state index contributed by atoms with van der Waals surface area (Å²) in [4.78, 5) is 27.4. The molecule has 1 N–H and O–H groups in total. The third-order valence-corrected chi connectivity index (χ3v) is 6.30. The van der Waals surface area contributed by atoms with Crippen LogP contribution in [0, 0.1) is 23.2 Å². The largest absolute Gasteiger partial charge is 0.457 e. The number of carbonyl (C=O) groups excluding carboxylic acids is 2. The molecule has 2 bridgehead atoms. The summed E-state index contributed by atoms with van der Waals surface area (Å²) < 4.78 is 5.69. The maximum atomic E-state index is 12.2. The fourth-order valence-electron chi connectivity index (χ4n) is 4.03. The van der Waals surface area contributed by atoms with Crippen molar-refractivity contribution in [1.82, 2.24) is 4.98 Å². The van der Waals surface area contributed by atoms with E-state index in [0.717, 1.165) is 6.42 Å². The molecule has 1 aromatic heterocycles. The second kappa shape index (κ2) is 5.33. The van der Waals surface area contributed by atoms with Gasteiger partial charge in [0.25, 0.3) is 0 Å². The lowest BCUT2D eigenvalue weighted by atomic mass is 9.45. The van der Waals surface area contributed by atoms with Crippen molar-refractivity contribution in [2.24, 2.45) is 23.2 Å². The second-order valence-corrected chi connectivity index (χ2v) is 7.98. The van der Waals surface area contributed by atoms with Crippen molar-refractivity contribution in [3.63, 3.8) is 0 Å². The summed E-state index contributed by atoms with van der Waals surface area (Å²) in [6, 6.07) is 0. The molecule has 3 aliphatic carbocycles. The van der Waals surface area contributed by atoms with Gasteiger partial charge >= 0.3 is 5.97 Å². The predicted octanol–water partition coefficient (Wildman–Crippen LogP) is 3.33. The first kappa shape index (κ1) is 15.5. The molecule has 0 aliphatic heterocycles. The smallest absolute Gasteiger partial charge is 0.358 e. The number of anilines is 1. The summed E-state index contributed by atoms with van der Waals surface area (Å²) in [7, 11) is 0. The van der Waals surface area contributed by atoms with Gasteiger partial charge in [-0.2, -0.15) is 0 Å². The number of hydrogen-bond donors (Lipinski definition) is 1. The van der Waals surface area contributed by atoms with Crippen LogP contribution in [-0.4, -0.2) is 23.0 Å². The number of carbonyl (C=O) groups is 2. The van der Waals surface area contributed by atoms with Crippen molar-refractivity contribution >= 4 is 28.3 Å². The third kappa shape index (κ3) is 2.53. The Bertz CT molecular complexity index is 610. The van der Waals surface area contributed by atoms with Gasteiger partial charge in [-0.25, -0.2) is 9.78 Å². The molecule has 3 saturated carbocycles. The zero-order chi connectivity index (χ0) is 16.1. The lowest BCUT2D eigenvalue weighted by molar-refractivity contribution is -0.156. The van der Waals surface area contributed by atoms with Gasteiger partial charge in [0.15, 0.2) is 10.8 Å². The minimum absolute atomic E-state index is 0.0183. The number of nitrogens with one attached hydrogen (secondary N) is 1. The lowest BCUT2D eigenvalue weighted by Crippen LogP contribution is -2.57. The molecule has 0 aromatic carbocycles. The van der Waals surface area contributed by atoms with Crippen LogP contribution in [0.3, 0.4) is 0 Å². The molecule has 3 aliphatic rings. The van der Waals surface area contributed by atoms with Gasteiger partial charge in [-0.3, -0.25) is 4.79 Å². The maximum Gasteiger partial charge on any atom is 0.358 e. The number of rotatable bonds is 3. The molecule has 3 fully saturated rings. The van der Waals surface area contributed by atoms with Crippen LogP contribution in [0.25, 0.3) is 0 Å². The highest BCUT2D eigenvalue weighted by Gasteiger charge is 2.57. The first-order valence-electron chi connectivity index (χ1n) is 7.73. The van der Waals surface area contributed by atoms with Gasteiger partial charge in [0.05, 0.1) is 0 Å². The quantitative estimate of drug-likeness (QED) is 0.867. The van der Waals surface area contributed by atoms with Crippen LogP contribution in [0.2, 0.25) is 0 Å². The number of thiazole rings is 1. The van der Waals surface area contributed by atoms with E-state index < -0.39 is 0 Å². The van der Waals surface area contributed by atoms with Crippen molar-refractivity contribution in [3.8, 4) is 0 Å². The highest BCUT2D eigenvalue weighted by atomic mass is 32.1. The molecule has 1 amide bonds. The average molecular weight is 322 g/mol. The van der Waals surface area contributed by atoms with E-state index in [9.17, 15) is 9.59 Å². The van der Waals surface area contributed by atoms with Gasteiger partial charge in [-0.1, -0.05) is 20.8 Å². The number of esters is 1. The van der Waals surface area contributed by atoms with E-state index in [1.165, 1.54) is 24.7 Å². The number of ether oxygens (including phenoxy) is 1. The summed E-state index contributed by atoms with van der Waals surface area (Å²) in [5.41, 5.74) is 0.654. The summed E-state index contributed by atoms with van der Waals surface area (Å²) >= 11 is 1.23. The summed E-state index contributed by atoms with van der Waals surface area (Å²) in [6.45, 7) is 8.24. The van der Waals surface area contributed by atoms with E-state index in [2.05, 4.69) is 31.1 Å². The Morgan fingerprint density at radius 1 is 1.41 bits per heavy atom. The molecule has 1 aromatic rings. The Labute approximate surface area is 134 Å². The Hall–Kier alpha value is -1.43. The molecule has 0 radical (unpaired) electrons. The highest BCUT2D eigenvalue weighted by molar-refractivity contribution is 7.14. The van der Waals surface area contributed by atoms with Crippen molar-refractivity contribution in [1.29, 1.82) is 0 Å². The monoisotopic (exact) mass is 322 g/mol. The second-order valence-electron chi connectivity index (χ2n) is 7.12. The molecule has 4 atom stereocenters. The first-order chi connectivity index (χ1) is 10.3. The van der Waals surface area contributed by atoms with E-state index in [1.54, 1.807) is 5.38 Å². The van der Waals surface area contributed by atoms with Gasteiger partial charge in [-0.15, -0.1) is 11.3 Å². The summed E-state index contributed by atoms with van der Waals surface area (Å²) in [6.07, 6.45) is 2.18. The van der Waals surface area contributed by atoms with Crippen molar-refractivity contribution in [2.45, 2.75) is 46.6 Å². The van der Waals surface area contributed by atoms with Crippen LogP contribution in [-0.2, 0) is 9.53 Å². The molecule has 5 nitrogen and oxygen atoms in total. The number of fused-ring (bicyclic) bond motifs is 2. The van der Waals surface area contributed by atoms with Crippen LogP contribution >= 0.6 is 11.3 Å². The Balaban J connectivity index is 1.63. The van der Waals surface area contributed by atoms with Gasteiger partial charge in [0.1, 0.15) is 6.10 Å². The fraction of sp³-hybridized carbons (Fsp3) is 0.688. The zero-order valence-electron chi connectivity index (χ0n) is 13.4. The standard InChI is InChI=1S/C16H22N2O3S/c1-8-11-5-10(16(11,3)4)6-13(8)21-14(20)12-7-22-15(18-12)17-9(2)19/h7-8,10-11,13H,5-6H2,1-4H3,(H,17,18,19)/t8-,10-,11+,13+/m1/s1. The molecule has 4 rings (SSSR count). The Kier molecular flexibility index (Phi) is 3.75. The predicted molar refractivity (Wildman–Crippen MR) is 84.8 cm³/mol. The lowest BCUT2D eigenvalue weighted by Gasteiger charge is -2.61. The third-order valence-electron chi connectivity index (χ3n) is 5.54. The van der Waals surface area contributed by atoms with Crippen LogP contribution in [0.4, 0.5) is 5.13 Å². The van der Waals surface area contributed by atoms with E-state index >= 15 is 0 Å². The van der Waals surface area contributed by atoms with Crippen LogP contribution in [0.5, 0.6) is 0 Å². The summed E-state index contributed by atoms with van der Waals surface area (Å²) in [5.74, 6) is 1.09. The summed E-state index contributed by atoms with van der Waals surface area (Å²) in [5, 5.41) is 4.64. The van der Waals surface area contributed by atoms with E-state index in [1.807, 2.05) is 0 Å². The highest BCUT2D eigenvalue weighted by Crippen LogP contribution is 2.61. The first-order valence-corrected chi connectivity index (χ1v) is 8.61. The van der Waals surface area contributed by atoms with Crippen LogP contribution in [0.1, 0.15) is 51.0 Å². The molecule has 0 spiro atoms. The maximum absolute atomic E-state index is 12.2. The van der Waals surface area contributed by atoms with Crippen molar-refractivity contribution in [2.75, 3.05) is 5.32 Å². The zero-order valence-corrected chi connectivity index (χ0v) is 14.2.